The molecule has 1 aromatic carbocycles. The zero-order chi connectivity index (χ0) is 16.0. The number of carbonyl (C=O) groups excluding carboxylic acids is 1. The van der Waals surface area contributed by atoms with E-state index in [9.17, 15) is 4.79 Å². The van der Waals surface area contributed by atoms with Crippen molar-refractivity contribution in [1.29, 1.82) is 0 Å². The lowest BCUT2D eigenvalue weighted by Gasteiger charge is -2.24. The van der Waals surface area contributed by atoms with E-state index < -0.39 is 0 Å². The summed E-state index contributed by atoms with van der Waals surface area (Å²) in [5.74, 6) is 0.187. The topological polar surface area (TPSA) is 36.9 Å². The van der Waals surface area contributed by atoms with Gasteiger partial charge in [-0.2, -0.15) is 0 Å². The summed E-state index contributed by atoms with van der Waals surface area (Å²) in [5.41, 5.74) is 1.24. The van der Waals surface area contributed by atoms with Crippen molar-refractivity contribution in [3.8, 4) is 0 Å². The summed E-state index contributed by atoms with van der Waals surface area (Å²) < 4.78 is 0. The molecule has 1 heterocycles. The number of rotatable bonds is 6. The first-order valence-electron chi connectivity index (χ1n) is 7.62. The largest absolute Gasteiger partial charge is 0.334 e. The Morgan fingerprint density at radius 1 is 1.09 bits per heavy atom. The average molecular weight is 317 g/mol. The fourth-order valence-corrected chi connectivity index (χ4v) is 2.87. The van der Waals surface area contributed by atoms with Gasteiger partial charge in [0.15, 0.2) is 6.54 Å². The normalized spacial score (nSPS) is 11.4. The lowest BCUT2D eigenvalue weighted by atomic mass is 10.1. The van der Waals surface area contributed by atoms with Crippen molar-refractivity contribution in [2.24, 2.45) is 0 Å². The van der Waals surface area contributed by atoms with Gasteiger partial charge in [-0.25, -0.2) is 0 Å². The molecule has 2 N–H and O–H groups in total. The van der Waals surface area contributed by atoms with Crippen LogP contribution in [0.1, 0.15) is 31.2 Å². The second-order valence-corrected chi connectivity index (χ2v) is 7.62. The van der Waals surface area contributed by atoms with Crippen LogP contribution >= 0.6 is 11.3 Å². The van der Waals surface area contributed by atoms with E-state index >= 15 is 0 Å². The Bertz CT molecular complexity index is 573. The molecular weight excluding hydrogens is 292 g/mol. The molecule has 0 radical (unpaired) electrons. The number of thiophene rings is 1. The molecule has 0 unspecified atom stereocenters. The predicted molar refractivity (Wildman–Crippen MR) is 91.6 cm³/mol. The van der Waals surface area contributed by atoms with E-state index in [0.29, 0.717) is 19.6 Å². The first-order chi connectivity index (χ1) is 10.4. The Hall–Kier alpha value is -1.65. The molecule has 118 valence electrons. The van der Waals surface area contributed by atoms with E-state index in [-0.39, 0.29) is 11.4 Å². The summed E-state index contributed by atoms with van der Waals surface area (Å²) in [7, 11) is 0. The third kappa shape index (κ3) is 5.62. The maximum Gasteiger partial charge on any atom is 0.278 e. The quantitative estimate of drug-likeness (QED) is 0.874. The predicted octanol–water partition coefficient (Wildman–Crippen LogP) is 2.64. The van der Waals surface area contributed by atoms with Crippen LogP contribution in [0.3, 0.4) is 0 Å². The molecular formula is C18H25N2OS+. The lowest BCUT2D eigenvalue weighted by molar-refractivity contribution is -0.707. The van der Waals surface area contributed by atoms with Crippen LogP contribution in [0.4, 0.5) is 0 Å². The third-order valence-electron chi connectivity index (χ3n) is 3.38. The highest BCUT2D eigenvalue weighted by atomic mass is 32.1. The molecule has 0 aliphatic heterocycles. The molecule has 0 aliphatic rings. The molecule has 1 amide bonds. The summed E-state index contributed by atoms with van der Waals surface area (Å²) >= 11 is 1.70. The molecule has 0 fully saturated rings. The Balaban J connectivity index is 2.05. The molecule has 0 saturated heterocycles. The van der Waals surface area contributed by atoms with Crippen LogP contribution in [0.2, 0.25) is 0 Å². The van der Waals surface area contributed by atoms with Crippen LogP contribution in [0.25, 0.3) is 0 Å². The number of quaternary nitrogens is 1. The van der Waals surface area contributed by atoms with Gasteiger partial charge in [-0.15, -0.1) is 11.3 Å². The molecule has 4 heteroatoms. The molecule has 0 saturated carbocycles. The van der Waals surface area contributed by atoms with Crippen LogP contribution in [0.5, 0.6) is 0 Å². The van der Waals surface area contributed by atoms with Crippen molar-refractivity contribution >= 4 is 17.2 Å². The molecule has 2 rings (SSSR count). The van der Waals surface area contributed by atoms with E-state index in [1.54, 1.807) is 11.3 Å². The molecule has 1 aromatic heterocycles. The minimum absolute atomic E-state index is 0.0665. The van der Waals surface area contributed by atoms with Gasteiger partial charge in [-0.05, 0) is 37.8 Å². The van der Waals surface area contributed by atoms with Crippen molar-refractivity contribution in [3.05, 3.63) is 58.3 Å². The Labute approximate surface area is 137 Å². The molecule has 3 nitrogen and oxygen atoms in total. The number of nitrogens with two attached hydrogens (primary N) is 1. The van der Waals surface area contributed by atoms with Gasteiger partial charge in [0, 0.05) is 11.4 Å². The highest BCUT2D eigenvalue weighted by molar-refractivity contribution is 7.09. The van der Waals surface area contributed by atoms with Crippen LogP contribution in [-0.2, 0) is 17.9 Å². The molecule has 22 heavy (non-hydrogen) atoms. The van der Waals surface area contributed by atoms with Crippen molar-refractivity contribution in [2.45, 2.75) is 39.4 Å². The monoisotopic (exact) mass is 317 g/mol. The summed E-state index contributed by atoms with van der Waals surface area (Å²) in [5, 5.41) is 4.16. The molecule has 0 atom stereocenters. The van der Waals surface area contributed by atoms with E-state index in [0.717, 1.165) is 0 Å². The second-order valence-electron chi connectivity index (χ2n) is 6.59. The van der Waals surface area contributed by atoms with E-state index in [1.807, 2.05) is 29.2 Å². The lowest BCUT2D eigenvalue weighted by Crippen LogP contribution is -2.96. The van der Waals surface area contributed by atoms with Gasteiger partial charge in [-0.1, -0.05) is 36.4 Å². The summed E-state index contributed by atoms with van der Waals surface area (Å²) in [6.07, 6.45) is 0. The number of carbonyl (C=O) groups is 1. The van der Waals surface area contributed by atoms with E-state index in [2.05, 4.69) is 49.7 Å². The van der Waals surface area contributed by atoms with Crippen molar-refractivity contribution < 1.29 is 10.1 Å². The standard InChI is InChI=1S/C18H24N2OS/c1-18(2,3)19-12-17(21)20(14-16-10-7-11-22-16)13-15-8-5-4-6-9-15/h4-11,19H,12-14H2,1-3H3/p+1. The van der Waals surface area contributed by atoms with E-state index in [1.165, 1.54) is 10.4 Å². The number of nitrogens with zero attached hydrogens (tertiary/aromatic N) is 1. The third-order valence-corrected chi connectivity index (χ3v) is 4.25. The number of benzene rings is 1. The number of hydrogen-bond donors (Lipinski definition) is 1. The molecule has 0 spiro atoms. The van der Waals surface area contributed by atoms with Crippen molar-refractivity contribution in [2.75, 3.05) is 6.54 Å². The number of hydrogen-bond acceptors (Lipinski definition) is 2. The highest BCUT2D eigenvalue weighted by Gasteiger charge is 2.20. The molecule has 0 aliphatic carbocycles. The first-order valence-corrected chi connectivity index (χ1v) is 8.50. The van der Waals surface area contributed by atoms with Gasteiger partial charge < -0.3 is 10.2 Å². The fourth-order valence-electron chi connectivity index (χ4n) is 2.15. The van der Waals surface area contributed by atoms with Crippen molar-refractivity contribution in [3.63, 3.8) is 0 Å². The van der Waals surface area contributed by atoms with Crippen LogP contribution in [0, 0.1) is 0 Å². The minimum atomic E-state index is 0.0665. The Morgan fingerprint density at radius 3 is 2.41 bits per heavy atom. The maximum absolute atomic E-state index is 12.6. The summed E-state index contributed by atoms with van der Waals surface area (Å²) in [6, 6.07) is 14.3. The Morgan fingerprint density at radius 2 is 1.82 bits per heavy atom. The average Bonchev–Trinajstić information content (AvgIpc) is 2.97. The van der Waals surface area contributed by atoms with Crippen LogP contribution in [-0.4, -0.2) is 22.9 Å². The van der Waals surface area contributed by atoms with Crippen LogP contribution < -0.4 is 5.32 Å². The molecule has 0 bridgehead atoms. The van der Waals surface area contributed by atoms with Gasteiger partial charge in [0.2, 0.25) is 0 Å². The zero-order valence-electron chi connectivity index (χ0n) is 13.6. The van der Waals surface area contributed by atoms with Gasteiger partial charge in [-0.3, -0.25) is 4.79 Å². The van der Waals surface area contributed by atoms with E-state index in [4.69, 9.17) is 0 Å². The molecule has 2 aromatic rings. The fraction of sp³-hybridized carbons (Fsp3) is 0.389. The second kappa shape index (κ2) is 7.56. The smallest absolute Gasteiger partial charge is 0.278 e. The van der Waals surface area contributed by atoms with Gasteiger partial charge >= 0.3 is 0 Å². The summed E-state index contributed by atoms with van der Waals surface area (Å²) in [6.45, 7) is 8.21. The maximum atomic E-state index is 12.6. The van der Waals surface area contributed by atoms with Gasteiger partial charge in [0.1, 0.15) is 0 Å². The zero-order valence-corrected chi connectivity index (χ0v) is 14.4. The number of amides is 1. The van der Waals surface area contributed by atoms with Gasteiger partial charge in [0.25, 0.3) is 5.91 Å². The minimum Gasteiger partial charge on any atom is -0.334 e. The van der Waals surface area contributed by atoms with Crippen molar-refractivity contribution in [1.82, 2.24) is 4.90 Å². The SMILES string of the molecule is CC(C)(C)[NH2+]CC(=O)N(Cc1ccccc1)Cc1cccs1. The van der Waals surface area contributed by atoms with Crippen LogP contribution in [0.15, 0.2) is 47.8 Å². The Kier molecular flexibility index (Phi) is 5.75. The highest BCUT2D eigenvalue weighted by Crippen LogP contribution is 2.14. The summed E-state index contributed by atoms with van der Waals surface area (Å²) in [4.78, 5) is 15.8. The first kappa shape index (κ1) is 16.7. The van der Waals surface area contributed by atoms with Gasteiger partial charge in [0.05, 0.1) is 12.1 Å².